The lowest BCUT2D eigenvalue weighted by Gasteiger charge is -2.21. The largest absolute Gasteiger partial charge is 0.357 e. The summed E-state index contributed by atoms with van der Waals surface area (Å²) in [5, 5.41) is 16.6. The van der Waals surface area contributed by atoms with Crippen LogP contribution in [0.3, 0.4) is 0 Å². The highest BCUT2D eigenvalue weighted by Crippen LogP contribution is 2.26. The smallest absolute Gasteiger partial charge is 0.193 e. The van der Waals surface area contributed by atoms with Gasteiger partial charge in [-0.15, -0.1) is 10.2 Å². The van der Waals surface area contributed by atoms with E-state index in [0.717, 1.165) is 69.6 Å². The van der Waals surface area contributed by atoms with Gasteiger partial charge in [0.1, 0.15) is 11.6 Å². The first-order chi connectivity index (χ1) is 13.7. The van der Waals surface area contributed by atoms with Gasteiger partial charge in [0.15, 0.2) is 5.96 Å². The van der Waals surface area contributed by atoms with Crippen LogP contribution in [0.5, 0.6) is 0 Å². The Balaban J connectivity index is 1.38. The van der Waals surface area contributed by atoms with Crippen LogP contribution in [0.4, 0.5) is 0 Å². The Bertz CT molecular complexity index is 805. The summed E-state index contributed by atoms with van der Waals surface area (Å²) in [6.07, 6.45) is 10.9. The second-order valence-electron chi connectivity index (χ2n) is 7.86. The molecule has 152 valence electrons. The molecule has 0 aliphatic carbocycles. The van der Waals surface area contributed by atoms with Gasteiger partial charge in [-0.3, -0.25) is 9.67 Å². The van der Waals surface area contributed by atoms with Crippen molar-refractivity contribution in [2.75, 3.05) is 26.2 Å². The summed E-state index contributed by atoms with van der Waals surface area (Å²) in [5.74, 6) is 3.79. The van der Waals surface area contributed by atoms with Crippen molar-refractivity contribution < 1.29 is 0 Å². The van der Waals surface area contributed by atoms with Crippen molar-refractivity contribution in [3.8, 4) is 0 Å². The molecule has 1 N–H and O–H groups in total. The summed E-state index contributed by atoms with van der Waals surface area (Å²) in [4.78, 5) is 7.29. The fourth-order valence-electron chi connectivity index (χ4n) is 4.29. The van der Waals surface area contributed by atoms with Crippen molar-refractivity contribution in [2.24, 2.45) is 12.0 Å². The maximum Gasteiger partial charge on any atom is 0.193 e. The van der Waals surface area contributed by atoms with Gasteiger partial charge in [-0.2, -0.15) is 5.10 Å². The van der Waals surface area contributed by atoms with Crippen LogP contribution in [0, 0.1) is 0 Å². The van der Waals surface area contributed by atoms with Crippen molar-refractivity contribution >= 4 is 5.96 Å². The molecular weight excluding hydrogens is 352 g/mol. The number of likely N-dealkylation sites (tertiary alicyclic amines) is 1. The van der Waals surface area contributed by atoms with Gasteiger partial charge in [0.2, 0.25) is 0 Å². The third-order valence-electron chi connectivity index (χ3n) is 5.80. The summed E-state index contributed by atoms with van der Waals surface area (Å²) < 4.78 is 4.21. The van der Waals surface area contributed by atoms with Gasteiger partial charge in [-0.25, -0.2) is 0 Å². The van der Waals surface area contributed by atoms with Gasteiger partial charge in [-0.1, -0.05) is 6.42 Å². The summed E-state index contributed by atoms with van der Waals surface area (Å²) in [7, 11) is 1.98. The monoisotopic (exact) mass is 384 g/mol. The van der Waals surface area contributed by atoms with Crippen LogP contribution < -0.4 is 5.32 Å². The standard InChI is InChI=1S/C20H32N8/c1-3-21-20(27-12-9-16(15-27)17-13-23-26(2)14-17)22-10-8-19-25-24-18-7-5-4-6-11-28(18)19/h13-14,16H,3-12,15H2,1-2H3,(H,21,22). The topological polar surface area (TPSA) is 76.2 Å². The van der Waals surface area contributed by atoms with E-state index in [2.05, 4.69) is 43.2 Å². The number of aryl methyl sites for hydroxylation is 2. The average molecular weight is 385 g/mol. The molecule has 2 aliphatic heterocycles. The van der Waals surface area contributed by atoms with E-state index in [1.807, 2.05) is 17.9 Å². The van der Waals surface area contributed by atoms with Crippen LogP contribution in [0.1, 0.15) is 55.7 Å². The Morgan fingerprint density at radius 3 is 3.00 bits per heavy atom. The number of hydrogen-bond acceptors (Lipinski definition) is 4. The van der Waals surface area contributed by atoms with E-state index >= 15 is 0 Å². The Morgan fingerprint density at radius 1 is 1.25 bits per heavy atom. The van der Waals surface area contributed by atoms with E-state index in [9.17, 15) is 0 Å². The number of rotatable bonds is 5. The normalized spacial score (nSPS) is 20.3. The molecule has 1 atom stereocenters. The van der Waals surface area contributed by atoms with Crippen LogP contribution in [-0.4, -0.2) is 61.6 Å². The molecule has 1 unspecified atom stereocenters. The zero-order valence-corrected chi connectivity index (χ0v) is 17.1. The first-order valence-corrected chi connectivity index (χ1v) is 10.7. The fourth-order valence-corrected chi connectivity index (χ4v) is 4.29. The molecule has 8 nitrogen and oxygen atoms in total. The van der Waals surface area contributed by atoms with Crippen LogP contribution in [0.15, 0.2) is 17.4 Å². The molecule has 2 aromatic heterocycles. The molecule has 2 aliphatic rings. The summed E-state index contributed by atoms with van der Waals surface area (Å²) in [6, 6.07) is 0. The third kappa shape index (κ3) is 4.20. The van der Waals surface area contributed by atoms with E-state index < -0.39 is 0 Å². The van der Waals surface area contributed by atoms with Crippen molar-refractivity contribution in [2.45, 2.75) is 57.9 Å². The molecule has 1 fully saturated rings. The first kappa shape index (κ1) is 19.0. The molecule has 0 aromatic carbocycles. The highest BCUT2D eigenvalue weighted by molar-refractivity contribution is 5.80. The van der Waals surface area contributed by atoms with Gasteiger partial charge in [0.05, 0.1) is 6.20 Å². The minimum Gasteiger partial charge on any atom is -0.357 e. The number of guanidine groups is 1. The zero-order valence-electron chi connectivity index (χ0n) is 17.1. The highest BCUT2D eigenvalue weighted by Gasteiger charge is 2.27. The molecule has 0 amide bonds. The lowest BCUT2D eigenvalue weighted by atomic mass is 10.0. The van der Waals surface area contributed by atoms with Gasteiger partial charge in [0.25, 0.3) is 0 Å². The Labute approximate surface area is 167 Å². The molecular formula is C20H32N8. The maximum absolute atomic E-state index is 4.91. The summed E-state index contributed by atoms with van der Waals surface area (Å²) >= 11 is 0. The predicted molar refractivity (Wildman–Crippen MR) is 109 cm³/mol. The fraction of sp³-hybridized carbons (Fsp3) is 0.700. The second kappa shape index (κ2) is 8.75. The number of fused-ring (bicyclic) bond motifs is 1. The quantitative estimate of drug-likeness (QED) is 0.628. The molecule has 1 saturated heterocycles. The molecule has 0 spiro atoms. The van der Waals surface area contributed by atoms with E-state index in [0.29, 0.717) is 5.92 Å². The Hall–Kier alpha value is -2.38. The second-order valence-corrected chi connectivity index (χ2v) is 7.86. The van der Waals surface area contributed by atoms with Gasteiger partial charge in [-0.05, 0) is 31.7 Å². The Morgan fingerprint density at radius 2 is 2.18 bits per heavy atom. The predicted octanol–water partition coefficient (Wildman–Crippen LogP) is 1.74. The SMILES string of the molecule is CCNC(=NCCc1nnc2n1CCCCC2)N1CCC(c2cnn(C)c2)C1. The van der Waals surface area contributed by atoms with E-state index in [1.165, 1.54) is 24.8 Å². The molecule has 0 saturated carbocycles. The molecule has 28 heavy (non-hydrogen) atoms. The van der Waals surface area contributed by atoms with E-state index in [1.54, 1.807) is 0 Å². The number of hydrogen-bond donors (Lipinski definition) is 1. The molecule has 4 heterocycles. The molecule has 2 aromatic rings. The maximum atomic E-state index is 4.91. The number of aliphatic imine (C=N–C) groups is 1. The van der Waals surface area contributed by atoms with E-state index in [-0.39, 0.29) is 0 Å². The van der Waals surface area contributed by atoms with Gasteiger partial charge in [0, 0.05) is 64.7 Å². The molecule has 0 radical (unpaired) electrons. The minimum atomic E-state index is 0.532. The van der Waals surface area contributed by atoms with Gasteiger partial charge >= 0.3 is 0 Å². The molecule has 8 heteroatoms. The Kier molecular flexibility index (Phi) is 5.92. The molecule has 0 bridgehead atoms. The average Bonchev–Trinajstić information content (AvgIpc) is 3.39. The lowest BCUT2D eigenvalue weighted by Crippen LogP contribution is -2.40. The van der Waals surface area contributed by atoms with Crippen LogP contribution in [-0.2, 0) is 26.4 Å². The highest BCUT2D eigenvalue weighted by atomic mass is 15.3. The van der Waals surface area contributed by atoms with Crippen molar-refractivity contribution in [1.29, 1.82) is 0 Å². The number of nitrogens with one attached hydrogen (secondary N) is 1. The van der Waals surface area contributed by atoms with E-state index in [4.69, 9.17) is 4.99 Å². The van der Waals surface area contributed by atoms with Crippen molar-refractivity contribution in [3.63, 3.8) is 0 Å². The minimum absolute atomic E-state index is 0.532. The number of nitrogens with zero attached hydrogens (tertiary/aromatic N) is 7. The van der Waals surface area contributed by atoms with Crippen molar-refractivity contribution in [3.05, 3.63) is 29.6 Å². The molecule has 4 rings (SSSR count). The first-order valence-electron chi connectivity index (χ1n) is 10.7. The van der Waals surface area contributed by atoms with Gasteiger partial charge < -0.3 is 14.8 Å². The van der Waals surface area contributed by atoms with Crippen LogP contribution in [0.25, 0.3) is 0 Å². The van der Waals surface area contributed by atoms with Crippen molar-refractivity contribution in [1.82, 2.24) is 34.8 Å². The van der Waals surface area contributed by atoms with Crippen LogP contribution >= 0.6 is 0 Å². The number of aromatic nitrogens is 5. The zero-order chi connectivity index (χ0) is 19.3. The lowest BCUT2D eigenvalue weighted by molar-refractivity contribution is 0.485. The summed E-state index contributed by atoms with van der Waals surface area (Å²) in [5.41, 5.74) is 1.33. The van der Waals surface area contributed by atoms with Crippen LogP contribution in [0.2, 0.25) is 0 Å². The third-order valence-corrected chi connectivity index (χ3v) is 5.80. The summed E-state index contributed by atoms with van der Waals surface area (Å²) in [6.45, 7) is 6.84.